The summed E-state index contributed by atoms with van der Waals surface area (Å²) in [7, 11) is -0.608. The normalized spacial score (nSPS) is 13.4. The standard InChI is InChI=1S/C11H19NS/c1-9(2)11-7-6-10(8-12-11)13(3,4)5/h6-9H,1-5H3. The number of hydrogen-bond donors (Lipinski definition) is 0. The quantitative estimate of drug-likeness (QED) is 0.709. The van der Waals surface area contributed by atoms with Crippen LogP contribution in [0.5, 0.6) is 0 Å². The van der Waals surface area contributed by atoms with Crippen molar-refractivity contribution < 1.29 is 0 Å². The predicted octanol–water partition coefficient (Wildman–Crippen LogP) is 3.26. The predicted molar refractivity (Wildman–Crippen MR) is 62.0 cm³/mol. The molecule has 0 amide bonds. The van der Waals surface area contributed by atoms with Crippen molar-refractivity contribution in [2.75, 3.05) is 18.8 Å². The van der Waals surface area contributed by atoms with Crippen LogP contribution in [0.1, 0.15) is 25.5 Å². The van der Waals surface area contributed by atoms with Crippen molar-refractivity contribution in [2.45, 2.75) is 24.7 Å². The lowest BCUT2D eigenvalue weighted by atomic mass is 10.1. The molecule has 0 aliphatic rings. The second-order valence-electron chi connectivity index (χ2n) is 4.41. The Balaban J connectivity index is 2.94. The van der Waals surface area contributed by atoms with Crippen LogP contribution in [0.15, 0.2) is 23.2 Å². The maximum absolute atomic E-state index is 4.47. The maximum atomic E-state index is 4.47. The molecule has 1 nitrogen and oxygen atoms in total. The van der Waals surface area contributed by atoms with Crippen molar-refractivity contribution in [1.82, 2.24) is 4.98 Å². The minimum absolute atomic E-state index is 0.531. The van der Waals surface area contributed by atoms with E-state index in [4.69, 9.17) is 0 Å². The van der Waals surface area contributed by atoms with Crippen molar-refractivity contribution in [1.29, 1.82) is 0 Å². The monoisotopic (exact) mass is 197 g/mol. The third-order valence-corrected chi connectivity index (χ3v) is 3.71. The molecule has 0 aliphatic carbocycles. The number of hydrogen-bond acceptors (Lipinski definition) is 1. The number of rotatable bonds is 2. The zero-order valence-corrected chi connectivity index (χ0v) is 9.98. The number of pyridine rings is 1. The first-order chi connectivity index (χ1) is 5.91. The van der Waals surface area contributed by atoms with E-state index in [2.05, 4.69) is 49.7 Å². The van der Waals surface area contributed by atoms with Gasteiger partial charge in [0.05, 0.1) is 0 Å². The molecule has 0 radical (unpaired) electrons. The van der Waals surface area contributed by atoms with E-state index in [-0.39, 0.29) is 0 Å². The van der Waals surface area contributed by atoms with E-state index in [1.807, 2.05) is 6.20 Å². The zero-order valence-electron chi connectivity index (χ0n) is 9.16. The van der Waals surface area contributed by atoms with E-state index < -0.39 is 10.0 Å². The lowest BCUT2D eigenvalue weighted by Crippen LogP contribution is -1.97. The molecule has 0 aromatic carbocycles. The average molecular weight is 197 g/mol. The number of aromatic nitrogens is 1. The smallest absolute Gasteiger partial charge is 0.0429 e. The highest BCUT2D eigenvalue weighted by Crippen LogP contribution is 2.44. The van der Waals surface area contributed by atoms with Gasteiger partial charge in [0.1, 0.15) is 0 Å². The van der Waals surface area contributed by atoms with Gasteiger partial charge in [-0.1, -0.05) is 13.8 Å². The fourth-order valence-electron chi connectivity index (χ4n) is 1.10. The second-order valence-corrected chi connectivity index (χ2v) is 8.56. The third kappa shape index (κ3) is 2.73. The molecule has 13 heavy (non-hydrogen) atoms. The van der Waals surface area contributed by atoms with Gasteiger partial charge in [-0.3, -0.25) is 4.98 Å². The van der Waals surface area contributed by atoms with Crippen molar-refractivity contribution in [3.05, 3.63) is 24.0 Å². The molecule has 1 rings (SSSR count). The molecule has 0 saturated heterocycles. The van der Waals surface area contributed by atoms with Crippen LogP contribution in [0.25, 0.3) is 0 Å². The van der Waals surface area contributed by atoms with Crippen LogP contribution in [0, 0.1) is 0 Å². The second kappa shape index (κ2) is 3.70. The minimum Gasteiger partial charge on any atom is -0.260 e. The average Bonchev–Trinajstić information content (AvgIpc) is 2.03. The Kier molecular flexibility index (Phi) is 3.01. The van der Waals surface area contributed by atoms with Gasteiger partial charge in [0, 0.05) is 16.8 Å². The molecule has 1 aromatic heterocycles. The maximum Gasteiger partial charge on any atom is 0.0429 e. The Bertz CT molecular complexity index is 269. The Hall–Kier alpha value is -0.500. The van der Waals surface area contributed by atoms with Gasteiger partial charge in [0.15, 0.2) is 0 Å². The van der Waals surface area contributed by atoms with Crippen LogP contribution in [0.2, 0.25) is 0 Å². The van der Waals surface area contributed by atoms with E-state index in [0.717, 1.165) is 0 Å². The molecule has 0 unspecified atom stereocenters. The van der Waals surface area contributed by atoms with Crippen molar-refractivity contribution in [3.63, 3.8) is 0 Å². The van der Waals surface area contributed by atoms with Crippen LogP contribution in [-0.2, 0) is 0 Å². The molecule has 0 N–H and O–H groups in total. The lowest BCUT2D eigenvalue weighted by Gasteiger charge is -2.25. The molecule has 0 fully saturated rings. The third-order valence-electron chi connectivity index (χ3n) is 2.06. The van der Waals surface area contributed by atoms with Crippen molar-refractivity contribution >= 4 is 10.0 Å². The summed E-state index contributed by atoms with van der Waals surface area (Å²) in [5.74, 6) is 0.531. The van der Waals surface area contributed by atoms with E-state index in [9.17, 15) is 0 Å². The SMILES string of the molecule is CC(C)c1ccc(S(C)(C)C)cn1. The molecule has 0 atom stereocenters. The Morgan fingerprint density at radius 1 is 1.15 bits per heavy atom. The molecule has 0 bridgehead atoms. The first kappa shape index (κ1) is 10.6. The molecule has 1 aromatic rings. The summed E-state index contributed by atoms with van der Waals surface area (Å²) in [6.07, 6.45) is 8.90. The van der Waals surface area contributed by atoms with Gasteiger partial charge in [-0.05, 0) is 36.8 Å². The largest absolute Gasteiger partial charge is 0.260 e. The van der Waals surface area contributed by atoms with Crippen LogP contribution in [0.4, 0.5) is 0 Å². The van der Waals surface area contributed by atoms with Gasteiger partial charge in [-0.2, -0.15) is 0 Å². The summed E-state index contributed by atoms with van der Waals surface area (Å²) in [6, 6.07) is 4.37. The molecular formula is C11H19NS. The Morgan fingerprint density at radius 2 is 1.77 bits per heavy atom. The van der Waals surface area contributed by atoms with Gasteiger partial charge in [-0.25, -0.2) is 10.0 Å². The molecule has 0 aliphatic heterocycles. The molecule has 74 valence electrons. The summed E-state index contributed by atoms with van der Waals surface area (Å²) < 4.78 is 0. The van der Waals surface area contributed by atoms with Crippen LogP contribution < -0.4 is 0 Å². The Labute approximate surface area is 82.9 Å². The van der Waals surface area contributed by atoms with E-state index in [0.29, 0.717) is 5.92 Å². The summed E-state index contributed by atoms with van der Waals surface area (Å²) in [4.78, 5) is 5.85. The first-order valence-corrected chi connectivity index (χ1v) is 7.41. The Morgan fingerprint density at radius 3 is 2.08 bits per heavy atom. The fraction of sp³-hybridized carbons (Fsp3) is 0.545. The lowest BCUT2D eigenvalue weighted by molar-refractivity contribution is 0.818. The van der Waals surface area contributed by atoms with Crippen molar-refractivity contribution in [2.24, 2.45) is 0 Å². The summed E-state index contributed by atoms with van der Waals surface area (Å²) >= 11 is 0. The molecule has 0 saturated carbocycles. The molecule has 2 heteroatoms. The van der Waals surface area contributed by atoms with Crippen LogP contribution in [-0.4, -0.2) is 23.8 Å². The molecular weight excluding hydrogens is 178 g/mol. The summed E-state index contributed by atoms with van der Waals surface area (Å²) in [5.41, 5.74) is 1.19. The van der Waals surface area contributed by atoms with Crippen LogP contribution in [0.3, 0.4) is 0 Å². The highest BCUT2D eigenvalue weighted by atomic mass is 32.3. The zero-order chi connectivity index (χ0) is 10.1. The van der Waals surface area contributed by atoms with Gasteiger partial charge in [0.25, 0.3) is 0 Å². The molecule has 0 spiro atoms. The summed E-state index contributed by atoms with van der Waals surface area (Å²) in [5, 5.41) is 0. The van der Waals surface area contributed by atoms with E-state index >= 15 is 0 Å². The molecule has 1 heterocycles. The van der Waals surface area contributed by atoms with Gasteiger partial charge in [-0.15, -0.1) is 0 Å². The topological polar surface area (TPSA) is 12.9 Å². The van der Waals surface area contributed by atoms with Crippen LogP contribution >= 0.6 is 10.0 Å². The fourth-order valence-corrected chi connectivity index (χ4v) is 1.94. The van der Waals surface area contributed by atoms with Crippen molar-refractivity contribution in [3.8, 4) is 0 Å². The highest BCUT2D eigenvalue weighted by molar-refractivity contribution is 8.32. The van der Waals surface area contributed by atoms with Gasteiger partial charge < -0.3 is 0 Å². The minimum atomic E-state index is -0.608. The first-order valence-electron chi connectivity index (χ1n) is 4.55. The summed E-state index contributed by atoms with van der Waals surface area (Å²) in [6.45, 7) is 4.35. The van der Waals surface area contributed by atoms with Gasteiger partial charge in [0.2, 0.25) is 0 Å². The van der Waals surface area contributed by atoms with E-state index in [1.54, 1.807) is 0 Å². The number of nitrogens with zero attached hydrogens (tertiary/aromatic N) is 1. The highest BCUT2D eigenvalue weighted by Gasteiger charge is 2.08. The van der Waals surface area contributed by atoms with Gasteiger partial charge >= 0.3 is 0 Å². The van der Waals surface area contributed by atoms with E-state index in [1.165, 1.54) is 10.6 Å².